The van der Waals surface area contributed by atoms with Crippen molar-refractivity contribution in [1.82, 2.24) is 5.32 Å². The topological polar surface area (TPSA) is 21.3 Å². The van der Waals surface area contributed by atoms with E-state index in [2.05, 4.69) is 51.0 Å². The molecule has 2 nitrogen and oxygen atoms in total. The fourth-order valence-electron chi connectivity index (χ4n) is 1.69. The second-order valence-electron chi connectivity index (χ2n) is 5.08. The summed E-state index contributed by atoms with van der Waals surface area (Å²) >= 11 is 6.93. The summed E-state index contributed by atoms with van der Waals surface area (Å²) in [6, 6.07) is 5.99. The first-order valence-corrected chi connectivity index (χ1v) is 8.46. The highest BCUT2D eigenvalue weighted by atomic mass is 79.9. The van der Waals surface area contributed by atoms with Gasteiger partial charge in [0.25, 0.3) is 0 Å². The quantitative estimate of drug-likeness (QED) is 0.596. The van der Waals surface area contributed by atoms with Gasteiger partial charge in [-0.1, -0.05) is 29.8 Å². The Morgan fingerprint density at radius 1 is 1.16 bits per heavy atom. The van der Waals surface area contributed by atoms with Gasteiger partial charge in [-0.2, -0.15) is 0 Å². The second kappa shape index (κ2) is 9.78. The molecule has 0 aromatic heterocycles. The molecule has 0 saturated heterocycles. The molecule has 1 rings (SSSR count). The summed E-state index contributed by atoms with van der Waals surface area (Å²) in [6.45, 7) is 7.47. The van der Waals surface area contributed by atoms with Gasteiger partial charge >= 0.3 is 0 Å². The van der Waals surface area contributed by atoms with E-state index in [9.17, 15) is 0 Å². The van der Waals surface area contributed by atoms with Gasteiger partial charge in [0, 0.05) is 4.47 Å². The molecule has 0 aliphatic rings. The largest absolute Gasteiger partial charge is 0.492 e. The molecule has 19 heavy (non-hydrogen) atoms. The lowest BCUT2D eigenvalue weighted by molar-refractivity contribution is 0.303. The van der Waals surface area contributed by atoms with E-state index in [0.29, 0.717) is 0 Å². The normalized spacial score (nSPS) is 11.0. The first-order valence-electron chi connectivity index (χ1n) is 6.88. The Morgan fingerprint density at radius 3 is 2.63 bits per heavy atom. The molecule has 1 aromatic rings. The fourth-order valence-corrected chi connectivity index (χ4v) is 2.86. The van der Waals surface area contributed by atoms with Crippen molar-refractivity contribution in [1.29, 1.82) is 0 Å². The van der Waals surface area contributed by atoms with Crippen molar-refractivity contribution in [3.05, 3.63) is 27.1 Å². The van der Waals surface area contributed by atoms with Gasteiger partial charge in [-0.25, -0.2) is 0 Å². The molecule has 0 atom stereocenters. The molecule has 0 radical (unpaired) electrons. The number of halogens is 2. The van der Waals surface area contributed by atoms with Crippen molar-refractivity contribution in [3.8, 4) is 5.75 Å². The van der Waals surface area contributed by atoms with E-state index in [1.807, 2.05) is 18.2 Å². The molecule has 0 spiro atoms. The minimum absolute atomic E-state index is 0.734. The Kier molecular flexibility index (Phi) is 8.75. The average molecular weight is 393 g/mol. The van der Waals surface area contributed by atoms with Crippen molar-refractivity contribution < 1.29 is 4.74 Å². The van der Waals surface area contributed by atoms with Gasteiger partial charge in [-0.05, 0) is 72.4 Å². The van der Waals surface area contributed by atoms with Crippen molar-refractivity contribution in [3.63, 3.8) is 0 Å². The van der Waals surface area contributed by atoms with E-state index in [4.69, 9.17) is 4.74 Å². The molecule has 0 saturated carbocycles. The Balaban J connectivity index is 2.04. The van der Waals surface area contributed by atoms with Crippen molar-refractivity contribution in [2.75, 3.05) is 19.7 Å². The number of hydrogen-bond donors (Lipinski definition) is 1. The highest BCUT2D eigenvalue weighted by molar-refractivity contribution is 9.11. The van der Waals surface area contributed by atoms with Gasteiger partial charge in [0.05, 0.1) is 11.1 Å². The Morgan fingerprint density at radius 2 is 1.95 bits per heavy atom. The van der Waals surface area contributed by atoms with Crippen molar-refractivity contribution >= 4 is 31.9 Å². The lowest BCUT2D eigenvalue weighted by atomic mass is 10.2. The lowest BCUT2D eigenvalue weighted by Crippen LogP contribution is -2.20. The average Bonchev–Trinajstić information content (AvgIpc) is 2.34. The van der Waals surface area contributed by atoms with Crippen LogP contribution in [0.5, 0.6) is 5.75 Å². The third-order valence-electron chi connectivity index (χ3n) is 2.70. The minimum Gasteiger partial charge on any atom is -0.492 e. The first kappa shape index (κ1) is 17.0. The number of nitrogens with one attached hydrogen (secondary N) is 1. The number of rotatable bonds is 9. The van der Waals surface area contributed by atoms with E-state index in [0.717, 1.165) is 46.7 Å². The van der Waals surface area contributed by atoms with Crippen LogP contribution >= 0.6 is 31.9 Å². The minimum atomic E-state index is 0.734. The Labute approximate surface area is 133 Å². The van der Waals surface area contributed by atoms with Gasteiger partial charge in [0.1, 0.15) is 5.75 Å². The molecule has 0 aliphatic carbocycles. The standard InChI is InChI=1S/C15H23Br2NO/c1-12(2)11-18-8-4-3-5-9-19-15-7-6-13(16)10-14(15)17/h6-7,10,12,18H,3-5,8-9,11H2,1-2H3. The summed E-state index contributed by atoms with van der Waals surface area (Å²) in [4.78, 5) is 0. The molecule has 0 bridgehead atoms. The summed E-state index contributed by atoms with van der Waals surface area (Å²) in [5.41, 5.74) is 0. The molecule has 1 aromatic carbocycles. The zero-order valence-corrected chi connectivity index (χ0v) is 14.9. The van der Waals surface area contributed by atoms with E-state index in [1.54, 1.807) is 0 Å². The molecule has 1 N–H and O–H groups in total. The highest BCUT2D eigenvalue weighted by Gasteiger charge is 2.01. The van der Waals surface area contributed by atoms with Gasteiger partial charge in [0.2, 0.25) is 0 Å². The van der Waals surface area contributed by atoms with Crippen LogP contribution in [0.25, 0.3) is 0 Å². The SMILES string of the molecule is CC(C)CNCCCCCOc1ccc(Br)cc1Br. The van der Waals surface area contributed by atoms with Crippen LogP contribution in [0.4, 0.5) is 0 Å². The predicted molar refractivity (Wildman–Crippen MR) is 88.9 cm³/mol. The van der Waals surface area contributed by atoms with Crippen LogP contribution in [0.2, 0.25) is 0 Å². The van der Waals surface area contributed by atoms with Crippen LogP contribution in [0.1, 0.15) is 33.1 Å². The number of unbranched alkanes of at least 4 members (excludes halogenated alkanes) is 2. The zero-order chi connectivity index (χ0) is 14.1. The summed E-state index contributed by atoms with van der Waals surface area (Å²) in [5, 5.41) is 3.46. The van der Waals surface area contributed by atoms with Crippen LogP contribution in [0.3, 0.4) is 0 Å². The van der Waals surface area contributed by atoms with Crippen molar-refractivity contribution in [2.45, 2.75) is 33.1 Å². The molecule has 0 heterocycles. The molecular formula is C15H23Br2NO. The molecule has 0 fully saturated rings. The van der Waals surface area contributed by atoms with Crippen LogP contribution in [0.15, 0.2) is 27.1 Å². The van der Waals surface area contributed by atoms with Gasteiger partial charge < -0.3 is 10.1 Å². The lowest BCUT2D eigenvalue weighted by Gasteiger charge is -2.09. The van der Waals surface area contributed by atoms with Crippen LogP contribution in [-0.4, -0.2) is 19.7 Å². The molecular weight excluding hydrogens is 370 g/mol. The summed E-state index contributed by atoms with van der Waals surface area (Å²) in [5.74, 6) is 1.65. The third-order valence-corrected chi connectivity index (χ3v) is 3.81. The van der Waals surface area contributed by atoms with Crippen LogP contribution in [0, 0.1) is 5.92 Å². The molecule has 0 amide bonds. The van der Waals surface area contributed by atoms with Gasteiger partial charge in [-0.3, -0.25) is 0 Å². The monoisotopic (exact) mass is 391 g/mol. The van der Waals surface area contributed by atoms with Crippen LogP contribution < -0.4 is 10.1 Å². The second-order valence-corrected chi connectivity index (χ2v) is 6.85. The highest BCUT2D eigenvalue weighted by Crippen LogP contribution is 2.28. The fraction of sp³-hybridized carbons (Fsp3) is 0.600. The number of ether oxygens (including phenoxy) is 1. The maximum Gasteiger partial charge on any atom is 0.133 e. The predicted octanol–water partition coefficient (Wildman–Crippen LogP) is 5.01. The smallest absolute Gasteiger partial charge is 0.133 e. The maximum atomic E-state index is 5.75. The summed E-state index contributed by atoms with van der Waals surface area (Å²) < 4.78 is 7.81. The Bertz CT molecular complexity index is 369. The summed E-state index contributed by atoms with van der Waals surface area (Å²) in [6.07, 6.45) is 3.53. The molecule has 0 unspecified atom stereocenters. The van der Waals surface area contributed by atoms with Crippen LogP contribution in [-0.2, 0) is 0 Å². The van der Waals surface area contributed by atoms with Gasteiger partial charge in [0.15, 0.2) is 0 Å². The summed E-state index contributed by atoms with van der Waals surface area (Å²) in [7, 11) is 0. The van der Waals surface area contributed by atoms with Crippen molar-refractivity contribution in [2.24, 2.45) is 5.92 Å². The molecule has 108 valence electrons. The number of benzene rings is 1. The first-order chi connectivity index (χ1) is 9.09. The molecule has 0 aliphatic heterocycles. The van der Waals surface area contributed by atoms with E-state index in [-0.39, 0.29) is 0 Å². The van der Waals surface area contributed by atoms with Gasteiger partial charge in [-0.15, -0.1) is 0 Å². The van der Waals surface area contributed by atoms with E-state index < -0.39 is 0 Å². The molecule has 4 heteroatoms. The van der Waals surface area contributed by atoms with E-state index in [1.165, 1.54) is 12.8 Å². The zero-order valence-electron chi connectivity index (χ0n) is 11.7. The van der Waals surface area contributed by atoms with E-state index >= 15 is 0 Å². The number of hydrogen-bond acceptors (Lipinski definition) is 2. The third kappa shape index (κ3) is 7.95. The maximum absolute atomic E-state index is 5.75. The Hall–Kier alpha value is -0.0600.